The average Bonchev–Trinajstić information content (AvgIpc) is 3.09. The van der Waals surface area contributed by atoms with E-state index in [1.165, 1.54) is 30.3 Å². The first-order valence-electron chi connectivity index (χ1n) is 8.05. The molecule has 3 N–H and O–H groups in total. The van der Waals surface area contributed by atoms with Crippen LogP contribution in [0.1, 0.15) is 20.0 Å². The normalized spacial score (nSPS) is 10.5. The van der Waals surface area contributed by atoms with Crippen LogP contribution in [0.25, 0.3) is 10.4 Å². The van der Waals surface area contributed by atoms with Crippen LogP contribution in [0.2, 0.25) is 5.02 Å². The number of urea groups is 1. The molecule has 2 aromatic carbocycles. The fourth-order valence-corrected chi connectivity index (χ4v) is 3.61. The maximum atomic E-state index is 13.3. The second-order valence-corrected chi connectivity index (χ2v) is 7.28. The van der Waals surface area contributed by atoms with Crippen LogP contribution in [0.15, 0.2) is 42.5 Å². The fourth-order valence-electron chi connectivity index (χ4n) is 2.42. The van der Waals surface area contributed by atoms with E-state index in [0.717, 1.165) is 11.3 Å². The van der Waals surface area contributed by atoms with Crippen molar-refractivity contribution in [3.63, 3.8) is 0 Å². The third kappa shape index (κ3) is 4.61. The number of carboxylic acids is 1. The summed E-state index contributed by atoms with van der Waals surface area (Å²) in [5.41, 5.74) is -0.0861. The van der Waals surface area contributed by atoms with E-state index in [2.05, 4.69) is 5.32 Å². The van der Waals surface area contributed by atoms with Crippen molar-refractivity contribution in [3.05, 3.63) is 75.4 Å². The molecule has 1 heterocycles. The van der Waals surface area contributed by atoms with Crippen LogP contribution >= 0.6 is 22.9 Å². The summed E-state index contributed by atoms with van der Waals surface area (Å²) in [5, 5.41) is 13.0. The summed E-state index contributed by atoms with van der Waals surface area (Å²) in [7, 11) is 0. The van der Waals surface area contributed by atoms with Gasteiger partial charge >= 0.3 is 12.0 Å². The molecule has 0 fully saturated rings. The van der Waals surface area contributed by atoms with E-state index < -0.39 is 45.9 Å². The first-order chi connectivity index (χ1) is 14.2. The Kier molecular flexibility index (Phi) is 6.09. The number of aromatic carboxylic acids is 1. The van der Waals surface area contributed by atoms with E-state index in [1.807, 2.05) is 5.32 Å². The van der Waals surface area contributed by atoms with Crippen molar-refractivity contribution >= 4 is 46.5 Å². The molecule has 3 amide bonds. The molecule has 0 aliphatic carbocycles. The number of rotatable bonds is 4. The van der Waals surface area contributed by atoms with Gasteiger partial charge in [-0.05, 0) is 35.9 Å². The zero-order valence-corrected chi connectivity index (χ0v) is 16.2. The molecule has 154 valence electrons. The van der Waals surface area contributed by atoms with Gasteiger partial charge in [-0.2, -0.15) is 0 Å². The van der Waals surface area contributed by atoms with Gasteiger partial charge in [0.15, 0.2) is 11.6 Å². The van der Waals surface area contributed by atoms with Crippen LogP contribution in [-0.2, 0) is 0 Å². The number of amides is 3. The van der Waals surface area contributed by atoms with Crippen molar-refractivity contribution in [1.29, 1.82) is 0 Å². The second kappa shape index (κ2) is 8.56. The Labute approximate surface area is 175 Å². The molecular weight excluding hydrogens is 445 g/mol. The van der Waals surface area contributed by atoms with Gasteiger partial charge in [0.1, 0.15) is 10.7 Å². The molecule has 3 rings (SSSR count). The van der Waals surface area contributed by atoms with Gasteiger partial charge in [0.25, 0.3) is 5.91 Å². The number of anilines is 1. The van der Waals surface area contributed by atoms with Crippen molar-refractivity contribution < 1.29 is 32.7 Å². The van der Waals surface area contributed by atoms with Crippen LogP contribution < -0.4 is 10.6 Å². The molecule has 0 atom stereocenters. The monoisotopic (exact) mass is 454 g/mol. The van der Waals surface area contributed by atoms with Crippen molar-refractivity contribution in [3.8, 4) is 10.4 Å². The highest BCUT2D eigenvalue weighted by molar-refractivity contribution is 7.18. The Morgan fingerprint density at radius 3 is 2.23 bits per heavy atom. The third-order valence-corrected chi connectivity index (χ3v) is 5.27. The molecule has 0 spiro atoms. The molecule has 0 saturated carbocycles. The predicted octanol–water partition coefficient (Wildman–Crippen LogP) is 5.15. The minimum absolute atomic E-state index is 0.117. The van der Waals surface area contributed by atoms with Gasteiger partial charge in [0.2, 0.25) is 0 Å². The Morgan fingerprint density at radius 2 is 1.60 bits per heavy atom. The van der Waals surface area contributed by atoms with Gasteiger partial charge in [-0.1, -0.05) is 23.7 Å². The van der Waals surface area contributed by atoms with Gasteiger partial charge in [-0.25, -0.2) is 22.8 Å². The number of carboxylic acid groups (broad SMARTS) is 1. The summed E-state index contributed by atoms with van der Waals surface area (Å²) in [6, 6.07) is 6.60. The lowest BCUT2D eigenvalue weighted by Crippen LogP contribution is -2.34. The number of benzene rings is 2. The minimum atomic E-state index is -1.33. The number of halogens is 4. The molecule has 6 nitrogen and oxygen atoms in total. The van der Waals surface area contributed by atoms with Crippen LogP contribution in [0.5, 0.6) is 0 Å². The number of thiophene rings is 1. The van der Waals surface area contributed by atoms with Gasteiger partial charge in [0, 0.05) is 4.88 Å². The molecule has 0 saturated heterocycles. The molecule has 30 heavy (non-hydrogen) atoms. The molecule has 3 aromatic rings. The number of imide groups is 1. The Bertz CT molecular complexity index is 1170. The summed E-state index contributed by atoms with van der Waals surface area (Å²) in [6.07, 6.45) is 0. The van der Waals surface area contributed by atoms with Crippen LogP contribution in [0, 0.1) is 17.5 Å². The predicted molar refractivity (Wildman–Crippen MR) is 105 cm³/mol. The van der Waals surface area contributed by atoms with Gasteiger partial charge < -0.3 is 10.4 Å². The fraction of sp³-hybridized carbons (Fsp3) is 0. The highest BCUT2D eigenvalue weighted by Crippen LogP contribution is 2.35. The lowest BCUT2D eigenvalue weighted by molar-refractivity contribution is 0.0703. The van der Waals surface area contributed by atoms with E-state index in [0.29, 0.717) is 22.6 Å². The number of nitrogens with one attached hydrogen (secondary N) is 2. The molecule has 0 aliphatic heterocycles. The number of hydrogen-bond donors (Lipinski definition) is 3. The summed E-state index contributed by atoms with van der Waals surface area (Å²) >= 11 is 6.52. The third-order valence-electron chi connectivity index (χ3n) is 3.78. The number of hydrogen-bond acceptors (Lipinski definition) is 4. The molecule has 0 radical (unpaired) electrons. The zero-order valence-electron chi connectivity index (χ0n) is 14.6. The lowest BCUT2D eigenvalue weighted by Gasteiger charge is -2.08. The van der Waals surface area contributed by atoms with E-state index >= 15 is 0 Å². The summed E-state index contributed by atoms with van der Waals surface area (Å²) < 4.78 is 39.5. The van der Waals surface area contributed by atoms with E-state index in [9.17, 15) is 32.7 Å². The Hall–Kier alpha value is -3.37. The molecule has 0 bridgehead atoms. The van der Waals surface area contributed by atoms with Crippen molar-refractivity contribution in [2.75, 3.05) is 5.32 Å². The largest absolute Gasteiger partial charge is 0.477 e. The van der Waals surface area contributed by atoms with E-state index in [-0.39, 0.29) is 10.6 Å². The molecule has 0 unspecified atom stereocenters. The topological polar surface area (TPSA) is 95.5 Å². The number of carbonyl (C=O) groups excluding carboxylic acids is 2. The standard InChI is InChI=1S/C19H10ClF3N2O4S/c20-11-6-13(23)12(22)5-10(11)17(26)25-19(29)24-14-7-15(30-16(14)18(27)28)8-1-3-9(21)4-2-8/h1-7H,(H,27,28)(H2,24,25,26,29). The molecule has 11 heteroatoms. The van der Waals surface area contributed by atoms with E-state index in [1.54, 1.807) is 0 Å². The summed E-state index contributed by atoms with van der Waals surface area (Å²) in [5.74, 6) is -5.53. The van der Waals surface area contributed by atoms with Crippen LogP contribution in [-0.4, -0.2) is 23.0 Å². The quantitative estimate of drug-likeness (QED) is 0.475. The summed E-state index contributed by atoms with van der Waals surface area (Å²) in [6.45, 7) is 0. The SMILES string of the molecule is O=C(NC(=O)c1cc(F)c(F)cc1Cl)Nc1cc(-c2ccc(F)cc2)sc1C(=O)O. The lowest BCUT2D eigenvalue weighted by atomic mass is 10.2. The van der Waals surface area contributed by atoms with Gasteiger partial charge in [-0.3, -0.25) is 10.1 Å². The van der Waals surface area contributed by atoms with Crippen LogP contribution in [0.4, 0.5) is 23.7 Å². The number of carbonyl (C=O) groups is 3. The highest BCUT2D eigenvalue weighted by Gasteiger charge is 2.21. The first-order valence-corrected chi connectivity index (χ1v) is 9.25. The van der Waals surface area contributed by atoms with Crippen LogP contribution in [0.3, 0.4) is 0 Å². The van der Waals surface area contributed by atoms with E-state index in [4.69, 9.17) is 11.6 Å². The van der Waals surface area contributed by atoms with Gasteiger partial charge in [-0.15, -0.1) is 11.3 Å². The smallest absolute Gasteiger partial charge is 0.348 e. The maximum absolute atomic E-state index is 13.3. The average molecular weight is 455 g/mol. The summed E-state index contributed by atoms with van der Waals surface area (Å²) in [4.78, 5) is 35.9. The second-order valence-electron chi connectivity index (χ2n) is 5.82. The minimum Gasteiger partial charge on any atom is -0.477 e. The van der Waals surface area contributed by atoms with Crippen molar-refractivity contribution in [2.45, 2.75) is 0 Å². The molecule has 0 aliphatic rings. The first kappa shape index (κ1) is 21.3. The Balaban J connectivity index is 1.81. The molecular formula is C19H10ClF3N2O4S. The molecule has 1 aromatic heterocycles. The van der Waals surface area contributed by atoms with Gasteiger partial charge in [0.05, 0.1) is 16.3 Å². The highest BCUT2D eigenvalue weighted by atomic mass is 35.5. The maximum Gasteiger partial charge on any atom is 0.348 e. The zero-order chi connectivity index (χ0) is 22.0. The van der Waals surface area contributed by atoms with Crippen molar-refractivity contribution in [1.82, 2.24) is 5.32 Å². The Morgan fingerprint density at radius 1 is 0.967 bits per heavy atom. The van der Waals surface area contributed by atoms with Crippen molar-refractivity contribution in [2.24, 2.45) is 0 Å².